The van der Waals surface area contributed by atoms with Crippen molar-refractivity contribution in [1.29, 1.82) is 0 Å². The van der Waals surface area contributed by atoms with Crippen molar-refractivity contribution in [1.82, 2.24) is 0 Å². The van der Waals surface area contributed by atoms with E-state index in [0.717, 1.165) is 26.6 Å². The molecule has 0 bridgehead atoms. The summed E-state index contributed by atoms with van der Waals surface area (Å²) in [5.74, 6) is 2.17. The Morgan fingerprint density at radius 3 is 2.11 bits per heavy atom. The van der Waals surface area contributed by atoms with E-state index < -0.39 is 0 Å². The maximum Gasteiger partial charge on any atom is 0.127 e. The Morgan fingerprint density at radius 2 is 1.61 bits per heavy atom. The van der Waals surface area contributed by atoms with Crippen LogP contribution in [-0.2, 0) is 6.61 Å². The number of hydrogen-bond acceptors (Lipinski definition) is 4. The lowest BCUT2D eigenvalue weighted by molar-refractivity contribution is 0.303. The van der Waals surface area contributed by atoms with Crippen LogP contribution in [0.4, 0.5) is 0 Å². The summed E-state index contributed by atoms with van der Waals surface area (Å²) in [6.07, 6.45) is 0. The summed E-state index contributed by atoms with van der Waals surface area (Å²) in [7, 11) is 3.24. The standard InChI is InChI=1S/C13H13BrO3S/c1-15-10-4-11(16-2)6-12(5-10)17-7-13-3-9(14)8-18-13/h3-6,8H,7H2,1-2H3. The molecule has 0 unspecified atom stereocenters. The van der Waals surface area contributed by atoms with Gasteiger partial charge in [-0.25, -0.2) is 0 Å². The minimum atomic E-state index is 0.534. The van der Waals surface area contributed by atoms with E-state index in [-0.39, 0.29) is 0 Å². The van der Waals surface area contributed by atoms with Gasteiger partial charge in [0.2, 0.25) is 0 Å². The zero-order valence-corrected chi connectivity index (χ0v) is 12.5. The summed E-state index contributed by atoms with van der Waals surface area (Å²) in [4.78, 5) is 1.16. The Labute approximate surface area is 118 Å². The molecule has 0 N–H and O–H groups in total. The highest BCUT2D eigenvalue weighted by Gasteiger charge is 2.04. The molecule has 0 radical (unpaired) electrons. The van der Waals surface area contributed by atoms with E-state index in [0.29, 0.717) is 6.61 Å². The Hall–Kier alpha value is -1.20. The zero-order valence-electron chi connectivity index (χ0n) is 10.1. The van der Waals surface area contributed by atoms with Crippen LogP contribution in [0, 0.1) is 0 Å². The smallest absolute Gasteiger partial charge is 0.127 e. The summed E-state index contributed by atoms with van der Waals surface area (Å²) in [5, 5.41) is 2.03. The van der Waals surface area contributed by atoms with Crippen LogP contribution in [0.3, 0.4) is 0 Å². The molecule has 0 aliphatic rings. The third kappa shape index (κ3) is 3.40. The summed E-state index contributed by atoms with van der Waals surface area (Å²) in [6.45, 7) is 0.534. The van der Waals surface area contributed by atoms with E-state index in [1.54, 1.807) is 25.6 Å². The third-order valence-corrected chi connectivity index (χ3v) is 4.00. The van der Waals surface area contributed by atoms with Crippen LogP contribution in [0.15, 0.2) is 34.1 Å². The van der Waals surface area contributed by atoms with Crippen molar-refractivity contribution in [3.8, 4) is 17.2 Å². The molecule has 0 fully saturated rings. The molecule has 2 rings (SSSR count). The molecule has 0 saturated heterocycles. The summed E-state index contributed by atoms with van der Waals surface area (Å²) >= 11 is 5.07. The monoisotopic (exact) mass is 328 g/mol. The Bertz CT molecular complexity index is 502. The molecule has 5 heteroatoms. The normalized spacial score (nSPS) is 10.2. The maximum absolute atomic E-state index is 5.72. The number of benzene rings is 1. The number of methoxy groups -OCH3 is 2. The van der Waals surface area contributed by atoms with Gasteiger partial charge in [0.05, 0.1) is 14.2 Å². The summed E-state index contributed by atoms with van der Waals surface area (Å²) in [6, 6.07) is 7.53. The summed E-state index contributed by atoms with van der Waals surface area (Å²) < 4.78 is 17.2. The van der Waals surface area contributed by atoms with Crippen molar-refractivity contribution in [3.63, 3.8) is 0 Å². The van der Waals surface area contributed by atoms with Crippen LogP contribution < -0.4 is 14.2 Å². The number of hydrogen-bond donors (Lipinski definition) is 0. The minimum Gasteiger partial charge on any atom is -0.496 e. The first kappa shape index (κ1) is 13.2. The lowest BCUT2D eigenvalue weighted by Crippen LogP contribution is -1.95. The average molecular weight is 329 g/mol. The highest BCUT2D eigenvalue weighted by atomic mass is 79.9. The van der Waals surface area contributed by atoms with Gasteiger partial charge in [-0.2, -0.15) is 0 Å². The summed E-state index contributed by atoms with van der Waals surface area (Å²) in [5.41, 5.74) is 0. The molecule has 0 saturated carbocycles. The van der Waals surface area contributed by atoms with E-state index in [1.807, 2.05) is 29.6 Å². The fourth-order valence-electron chi connectivity index (χ4n) is 1.45. The molecule has 18 heavy (non-hydrogen) atoms. The molecule has 0 amide bonds. The Morgan fingerprint density at radius 1 is 1.00 bits per heavy atom. The van der Waals surface area contributed by atoms with E-state index in [9.17, 15) is 0 Å². The van der Waals surface area contributed by atoms with Crippen LogP contribution in [0.5, 0.6) is 17.2 Å². The minimum absolute atomic E-state index is 0.534. The number of thiophene rings is 1. The van der Waals surface area contributed by atoms with Gasteiger partial charge >= 0.3 is 0 Å². The first-order valence-electron chi connectivity index (χ1n) is 5.30. The van der Waals surface area contributed by atoms with Gasteiger partial charge in [0.1, 0.15) is 23.9 Å². The molecule has 1 aromatic heterocycles. The predicted octanol–water partition coefficient (Wildman–Crippen LogP) is 4.11. The molecule has 0 spiro atoms. The quantitative estimate of drug-likeness (QED) is 0.826. The lowest BCUT2D eigenvalue weighted by atomic mass is 10.3. The molecular weight excluding hydrogens is 316 g/mol. The van der Waals surface area contributed by atoms with Gasteiger partial charge in [0.15, 0.2) is 0 Å². The molecule has 2 aromatic rings. The maximum atomic E-state index is 5.72. The molecule has 3 nitrogen and oxygen atoms in total. The number of ether oxygens (including phenoxy) is 3. The van der Waals surface area contributed by atoms with Crippen molar-refractivity contribution < 1.29 is 14.2 Å². The van der Waals surface area contributed by atoms with Crippen LogP contribution >= 0.6 is 27.3 Å². The Balaban J connectivity index is 2.08. The van der Waals surface area contributed by atoms with E-state index in [4.69, 9.17) is 14.2 Å². The average Bonchev–Trinajstić information content (AvgIpc) is 2.81. The van der Waals surface area contributed by atoms with Gasteiger partial charge in [-0.05, 0) is 22.0 Å². The van der Waals surface area contributed by atoms with Crippen molar-refractivity contribution in [3.05, 3.63) is 39.0 Å². The van der Waals surface area contributed by atoms with Crippen LogP contribution in [0.25, 0.3) is 0 Å². The first-order chi connectivity index (χ1) is 8.71. The van der Waals surface area contributed by atoms with Crippen LogP contribution in [-0.4, -0.2) is 14.2 Å². The molecule has 1 aromatic carbocycles. The van der Waals surface area contributed by atoms with Gasteiger partial charge < -0.3 is 14.2 Å². The molecular formula is C13H13BrO3S. The van der Waals surface area contributed by atoms with Gasteiger partial charge in [-0.15, -0.1) is 11.3 Å². The van der Waals surface area contributed by atoms with Crippen molar-refractivity contribution in [2.75, 3.05) is 14.2 Å². The van der Waals surface area contributed by atoms with Gasteiger partial charge in [-0.3, -0.25) is 0 Å². The highest BCUT2D eigenvalue weighted by molar-refractivity contribution is 9.10. The van der Waals surface area contributed by atoms with E-state index in [1.165, 1.54) is 0 Å². The van der Waals surface area contributed by atoms with E-state index >= 15 is 0 Å². The fraction of sp³-hybridized carbons (Fsp3) is 0.231. The van der Waals surface area contributed by atoms with Crippen molar-refractivity contribution in [2.24, 2.45) is 0 Å². The molecule has 0 aliphatic carbocycles. The number of halogens is 1. The SMILES string of the molecule is COc1cc(OC)cc(OCc2cc(Br)cs2)c1. The largest absolute Gasteiger partial charge is 0.496 e. The van der Waals surface area contributed by atoms with Gasteiger partial charge in [0.25, 0.3) is 0 Å². The topological polar surface area (TPSA) is 27.7 Å². The van der Waals surface area contributed by atoms with E-state index in [2.05, 4.69) is 15.9 Å². The number of rotatable bonds is 5. The second kappa shape index (κ2) is 6.11. The molecule has 0 atom stereocenters. The molecule has 1 heterocycles. The van der Waals surface area contributed by atoms with Gasteiger partial charge in [-0.1, -0.05) is 0 Å². The lowest BCUT2D eigenvalue weighted by Gasteiger charge is -2.09. The Kier molecular flexibility index (Phi) is 4.49. The first-order valence-corrected chi connectivity index (χ1v) is 6.97. The second-order valence-corrected chi connectivity index (χ2v) is 5.48. The molecule has 96 valence electrons. The third-order valence-electron chi connectivity index (χ3n) is 2.33. The zero-order chi connectivity index (χ0) is 13.0. The molecule has 0 aliphatic heterocycles. The highest BCUT2D eigenvalue weighted by Crippen LogP contribution is 2.28. The van der Waals surface area contributed by atoms with Crippen LogP contribution in [0.1, 0.15) is 4.88 Å². The van der Waals surface area contributed by atoms with Gasteiger partial charge in [0, 0.05) is 32.9 Å². The second-order valence-electron chi connectivity index (χ2n) is 3.57. The van der Waals surface area contributed by atoms with Crippen molar-refractivity contribution in [2.45, 2.75) is 6.61 Å². The fourth-order valence-corrected chi connectivity index (χ4v) is 2.81. The van der Waals surface area contributed by atoms with Crippen molar-refractivity contribution >= 4 is 27.3 Å². The predicted molar refractivity (Wildman–Crippen MR) is 75.9 cm³/mol. The van der Waals surface area contributed by atoms with Crippen LogP contribution in [0.2, 0.25) is 0 Å².